The number of esters is 1. The van der Waals surface area contributed by atoms with Crippen molar-refractivity contribution in [3.63, 3.8) is 0 Å². The maximum Gasteiger partial charge on any atom is 0.410 e. The first kappa shape index (κ1) is 19.8. The molecule has 0 radical (unpaired) electrons. The molecule has 6 nitrogen and oxygen atoms in total. The first-order chi connectivity index (χ1) is 14.1. The highest BCUT2D eigenvalue weighted by Crippen LogP contribution is 2.47. The minimum atomic E-state index is -0.486. The van der Waals surface area contributed by atoms with Gasteiger partial charge in [-0.05, 0) is 42.7 Å². The van der Waals surface area contributed by atoms with E-state index in [1.807, 2.05) is 48.5 Å². The van der Waals surface area contributed by atoms with E-state index in [2.05, 4.69) is 21.2 Å². The molecule has 2 aliphatic heterocycles. The minimum absolute atomic E-state index is 0.0693. The fraction of sp³-hybridized carbons (Fsp3) is 0.364. The molecule has 1 fully saturated rings. The number of hydrogen-bond donors (Lipinski definition) is 1. The van der Waals surface area contributed by atoms with Crippen LogP contribution in [0.25, 0.3) is 0 Å². The fourth-order valence-corrected chi connectivity index (χ4v) is 4.60. The van der Waals surface area contributed by atoms with Crippen LogP contribution in [0.5, 0.6) is 0 Å². The smallest absolute Gasteiger partial charge is 0.410 e. The summed E-state index contributed by atoms with van der Waals surface area (Å²) in [5, 5.41) is 3.32. The number of carbonyl (C=O) groups excluding carboxylic acids is 2. The Labute approximate surface area is 178 Å². The van der Waals surface area contributed by atoms with Crippen LogP contribution >= 0.6 is 15.9 Å². The highest BCUT2D eigenvalue weighted by Gasteiger charge is 2.49. The average Bonchev–Trinajstić information content (AvgIpc) is 3.18. The zero-order chi connectivity index (χ0) is 20.4. The zero-order valence-electron chi connectivity index (χ0n) is 16.1. The number of fused-ring (bicyclic) bond motifs is 3. The molecule has 2 aromatic carbocycles. The van der Waals surface area contributed by atoms with E-state index in [1.54, 1.807) is 11.8 Å². The Morgan fingerprint density at radius 1 is 1.17 bits per heavy atom. The summed E-state index contributed by atoms with van der Waals surface area (Å²) < 4.78 is 11.8. The largest absolute Gasteiger partial charge is 0.464 e. The molecule has 0 aromatic heterocycles. The van der Waals surface area contributed by atoms with E-state index in [1.165, 1.54) is 0 Å². The summed E-state index contributed by atoms with van der Waals surface area (Å²) in [6.45, 7) is 2.88. The molecule has 0 saturated carbocycles. The third-order valence-corrected chi connectivity index (χ3v) is 5.99. The van der Waals surface area contributed by atoms with Crippen molar-refractivity contribution in [1.29, 1.82) is 0 Å². The molecular formula is C22H23BrN2O4. The van der Waals surface area contributed by atoms with Gasteiger partial charge in [0.05, 0.1) is 12.6 Å². The summed E-state index contributed by atoms with van der Waals surface area (Å²) in [5.74, 6) is -0.351. The first-order valence-corrected chi connectivity index (χ1v) is 10.6. The second-order valence-corrected chi connectivity index (χ2v) is 8.15. The molecule has 0 aliphatic carbocycles. The number of benzene rings is 2. The quantitative estimate of drug-likeness (QED) is 0.682. The highest BCUT2D eigenvalue weighted by molar-refractivity contribution is 9.10. The number of rotatable bonds is 4. The number of ether oxygens (including phenoxy) is 2. The summed E-state index contributed by atoms with van der Waals surface area (Å²) in [6, 6.07) is 14.7. The van der Waals surface area contributed by atoms with Crippen LogP contribution in [0.15, 0.2) is 53.0 Å². The van der Waals surface area contributed by atoms with E-state index in [0.29, 0.717) is 19.6 Å². The van der Waals surface area contributed by atoms with Crippen molar-refractivity contribution < 1.29 is 19.1 Å². The van der Waals surface area contributed by atoms with Crippen molar-refractivity contribution in [3.05, 3.63) is 64.1 Å². The highest BCUT2D eigenvalue weighted by atomic mass is 79.9. The van der Waals surface area contributed by atoms with Crippen LogP contribution in [0.2, 0.25) is 0 Å². The lowest BCUT2D eigenvalue weighted by atomic mass is 9.83. The number of nitrogens with one attached hydrogen (secondary N) is 1. The number of amides is 1. The second kappa shape index (κ2) is 8.45. The van der Waals surface area contributed by atoms with E-state index >= 15 is 0 Å². The van der Waals surface area contributed by atoms with E-state index in [0.717, 1.165) is 21.3 Å². The normalized spacial score (nSPS) is 22.3. The molecule has 0 unspecified atom stereocenters. The number of nitrogens with zero attached hydrogens (tertiary/aromatic N) is 1. The van der Waals surface area contributed by atoms with Crippen LogP contribution in [0, 0.1) is 5.92 Å². The van der Waals surface area contributed by atoms with E-state index in [9.17, 15) is 9.59 Å². The van der Waals surface area contributed by atoms with Crippen LogP contribution in [0.1, 0.15) is 30.5 Å². The third-order valence-electron chi connectivity index (χ3n) is 5.50. The van der Waals surface area contributed by atoms with Crippen molar-refractivity contribution in [2.24, 2.45) is 5.92 Å². The van der Waals surface area contributed by atoms with Crippen molar-refractivity contribution in [1.82, 2.24) is 4.90 Å². The Morgan fingerprint density at radius 2 is 1.97 bits per heavy atom. The van der Waals surface area contributed by atoms with Gasteiger partial charge < -0.3 is 19.7 Å². The van der Waals surface area contributed by atoms with Crippen LogP contribution in [0.4, 0.5) is 10.5 Å². The Bertz CT molecular complexity index is 905. The van der Waals surface area contributed by atoms with Crippen molar-refractivity contribution in [2.45, 2.75) is 32.0 Å². The molecule has 0 bridgehead atoms. The molecule has 1 N–H and O–H groups in total. The van der Waals surface area contributed by atoms with Gasteiger partial charge in [0.15, 0.2) is 0 Å². The maximum absolute atomic E-state index is 12.9. The summed E-state index contributed by atoms with van der Waals surface area (Å²) in [5.41, 5.74) is 2.77. The predicted molar refractivity (Wildman–Crippen MR) is 112 cm³/mol. The number of hydrogen-bond acceptors (Lipinski definition) is 5. The van der Waals surface area contributed by atoms with Gasteiger partial charge in [0.25, 0.3) is 0 Å². The molecular weight excluding hydrogens is 436 g/mol. The average molecular weight is 459 g/mol. The van der Waals surface area contributed by atoms with Crippen LogP contribution in [0.3, 0.4) is 0 Å². The standard InChI is InChI=1S/C22H23BrN2O4/c1-2-28-21(26)19-16-10-11-25(22(27)29-13-14-6-4-3-5-7-14)20(16)17-12-15(23)8-9-18(17)24-19/h3-9,12,16,19-20,24H,2,10-11,13H2,1H3/t16-,19+,20-/m1/s1. The second-order valence-electron chi connectivity index (χ2n) is 7.24. The molecule has 152 valence electrons. The molecule has 29 heavy (non-hydrogen) atoms. The van der Waals surface area contributed by atoms with Crippen LogP contribution in [-0.4, -0.2) is 36.2 Å². The van der Waals surface area contributed by atoms with E-state index in [-0.39, 0.29) is 30.6 Å². The van der Waals surface area contributed by atoms with Gasteiger partial charge >= 0.3 is 12.1 Å². The fourth-order valence-electron chi connectivity index (χ4n) is 4.22. The summed E-state index contributed by atoms with van der Waals surface area (Å²) in [4.78, 5) is 27.2. The molecule has 7 heteroatoms. The van der Waals surface area contributed by atoms with Gasteiger partial charge in [0.2, 0.25) is 0 Å². The van der Waals surface area contributed by atoms with Crippen LogP contribution < -0.4 is 5.32 Å². The van der Waals surface area contributed by atoms with Gasteiger partial charge in [-0.1, -0.05) is 46.3 Å². The predicted octanol–water partition coefficient (Wildman–Crippen LogP) is 4.51. The zero-order valence-corrected chi connectivity index (χ0v) is 17.7. The monoisotopic (exact) mass is 458 g/mol. The van der Waals surface area contributed by atoms with Crippen molar-refractivity contribution in [2.75, 3.05) is 18.5 Å². The van der Waals surface area contributed by atoms with Gasteiger partial charge in [0, 0.05) is 22.6 Å². The Kier molecular flexibility index (Phi) is 5.76. The molecule has 2 aliphatic rings. The SMILES string of the molecule is CCOC(=O)[C@H]1Nc2ccc(Br)cc2[C@H]2[C@@H]1CCN2C(=O)OCc1ccccc1. The molecule has 1 saturated heterocycles. The third kappa shape index (κ3) is 3.96. The molecule has 1 amide bonds. The van der Waals surface area contributed by atoms with Gasteiger partial charge in [-0.2, -0.15) is 0 Å². The van der Waals surface area contributed by atoms with Crippen LogP contribution in [-0.2, 0) is 20.9 Å². The number of carbonyl (C=O) groups is 2. The molecule has 3 atom stereocenters. The molecule has 2 aromatic rings. The summed E-state index contributed by atoms with van der Waals surface area (Å²) in [6.07, 6.45) is 0.338. The number of likely N-dealkylation sites (tertiary alicyclic amines) is 1. The molecule has 4 rings (SSSR count). The van der Waals surface area contributed by atoms with Gasteiger partial charge in [-0.3, -0.25) is 0 Å². The summed E-state index contributed by atoms with van der Waals surface area (Å²) >= 11 is 3.52. The Hall–Kier alpha value is -2.54. The Balaban J connectivity index is 1.59. The Morgan fingerprint density at radius 3 is 2.72 bits per heavy atom. The summed E-state index contributed by atoms with van der Waals surface area (Å²) in [7, 11) is 0. The topological polar surface area (TPSA) is 67.9 Å². The van der Waals surface area contributed by atoms with Gasteiger partial charge in [-0.15, -0.1) is 0 Å². The van der Waals surface area contributed by atoms with Gasteiger partial charge in [0.1, 0.15) is 12.6 Å². The van der Waals surface area contributed by atoms with Crippen molar-refractivity contribution >= 4 is 33.7 Å². The molecule has 0 spiro atoms. The van der Waals surface area contributed by atoms with E-state index in [4.69, 9.17) is 9.47 Å². The number of halogens is 1. The van der Waals surface area contributed by atoms with E-state index < -0.39 is 6.04 Å². The molecule has 2 heterocycles. The van der Waals surface area contributed by atoms with Gasteiger partial charge in [-0.25, -0.2) is 9.59 Å². The van der Waals surface area contributed by atoms with Crippen molar-refractivity contribution in [3.8, 4) is 0 Å². The maximum atomic E-state index is 12.9. The first-order valence-electron chi connectivity index (χ1n) is 9.78. The number of anilines is 1. The lowest BCUT2D eigenvalue weighted by Gasteiger charge is -2.38. The minimum Gasteiger partial charge on any atom is -0.464 e. The lowest BCUT2D eigenvalue weighted by Crippen LogP contribution is -2.46. The lowest BCUT2D eigenvalue weighted by molar-refractivity contribution is -0.145.